The molecule has 0 saturated carbocycles. The summed E-state index contributed by atoms with van der Waals surface area (Å²) in [7, 11) is 0. The highest BCUT2D eigenvalue weighted by molar-refractivity contribution is 6.30. The van der Waals surface area contributed by atoms with Crippen LogP contribution in [0.2, 0.25) is 5.02 Å². The molecule has 1 amide bonds. The van der Waals surface area contributed by atoms with Crippen LogP contribution in [-0.2, 0) is 4.79 Å². The van der Waals surface area contributed by atoms with Crippen molar-refractivity contribution < 1.29 is 9.18 Å². The van der Waals surface area contributed by atoms with E-state index in [4.69, 9.17) is 11.6 Å². The van der Waals surface area contributed by atoms with Crippen molar-refractivity contribution >= 4 is 28.9 Å². The van der Waals surface area contributed by atoms with Crippen LogP contribution in [0.25, 0.3) is 0 Å². The quantitative estimate of drug-likeness (QED) is 0.903. The number of hydrogen-bond acceptors (Lipinski definition) is 3. The zero-order valence-electron chi connectivity index (χ0n) is 13.9. The van der Waals surface area contributed by atoms with Gasteiger partial charge in [-0.25, -0.2) is 4.39 Å². The molecule has 0 radical (unpaired) electrons. The highest BCUT2D eigenvalue weighted by atomic mass is 35.5. The van der Waals surface area contributed by atoms with E-state index in [1.54, 1.807) is 24.3 Å². The minimum Gasteiger partial charge on any atom is -0.370 e. The fraction of sp³-hybridized carbons (Fsp3) is 0.316. The summed E-state index contributed by atoms with van der Waals surface area (Å²) in [6.07, 6.45) is 0.960. The van der Waals surface area contributed by atoms with Gasteiger partial charge in [0.25, 0.3) is 0 Å². The maximum Gasteiger partial charge on any atom is 0.238 e. The van der Waals surface area contributed by atoms with E-state index in [-0.39, 0.29) is 11.7 Å². The lowest BCUT2D eigenvalue weighted by atomic mass is 10.2. The van der Waals surface area contributed by atoms with Crippen molar-refractivity contribution in [3.8, 4) is 0 Å². The molecule has 25 heavy (non-hydrogen) atoms. The molecule has 0 aromatic heterocycles. The molecular weight excluding hydrogens is 341 g/mol. The van der Waals surface area contributed by atoms with Gasteiger partial charge in [0, 0.05) is 42.6 Å². The number of hydrogen-bond donors (Lipinski definition) is 1. The number of amides is 1. The Bertz CT molecular complexity index is 723. The summed E-state index contributed by atoms with van der Waals surface area (Å²) in [6, 6.07) is 13.7. The van der Waals surface area contributed by atoms with Gasteiger partial charge in [0.15, 0.2) is 0 Å². The number of halogens is 2. The van der Waals surface area contributed by atoms with Crippen molar-refractivity contribution in [2.24, 2.45) is 0 Å². The van der Waals surface area contributed by atoms with E-state index in [1.807, 2.05) is 12.1 Å². The molecule has 1 saturated heterocycles. The minimum atomic E-state index is -0.224. The number of anilines is 2. The summed E-state index contributed by atoms with van der Waals surface area (Å²) in [5.74, 6) is -0.268. The lowest BCUT2D eigenvalue weighted by molar-refractivity contribution is -0.117. The first-order valence-corrected chi connectivity index (χ1v) is 8.76. The monoisotopic (exact) mass is 361 g/mol. The largest absolute Gasteiger partial charge is 0.370 e. The van der Waals surface area contributed by atoms with Gasteiger partial charge in [-0.15, -0.1) is 0 Å². The van der Waals surface area contributed by atoms with Crippen LogP contribution in [0.4, 0.5) is 15.8 Å². The van der Waals surface area contributed by atoms with Crippen molar-refractivity contribution in [3.63, 3.8) is 0 Å². The summed E-state index contributed by atoms with van der Waals surface area (Å²) in [6.45, 7) is 3.72. The second-order valence-electron chi connectivity index (χ2n) is 6.15. The van der Waals surface area contributed by atoms with Gasteiger partial charge in [-0.2, -0.15) is 0 Å². The summed E-state index contributed by atoms with van der Waals surface area (Å²) in [5, 5.41) is 3.48. The Labute approximate surface area is 152 Å². The van der Waals surface area contributed by atoms with Gasteiger partial charge >= 0.3 is 0 Å². The fourth-order valence-electron chi connectivity index (χ4n) is 3.01. The maximum absolute atomic E-state index is 13.1. The van der Waals surface area contributed by atoms with Crippen molar-refractivity contribution in [1.29, 1.82) is 0 Å². The molecule has 6 heteroatoms. The van der Waals surface area contributed by atoms with E-state index in [2.05, 4.69) is 15.1 Å². The Hall–Kier alpha value is -2.11. The van der Waals surface area contributed by atoms with Gasteiger partial charge in [-0.1, -0.05) is 17.7 Å². The third-order valence-corrected chi connectivity index (χ3v) is 4.49. The molecular formula is C19H21ClFN3O. The molecule has 0 aliphatic carbocycles. The highest BCUT2D eigenvalue weighted by Gasteiger charge is 2.17. The highest BCUT2D eigenvalue weighted by Crippen LogP contribution is 2.18. The Morgan fingerprint density at radius 1 is 1.08 bits per heavy atom. The Balaban J connectivity index is 1.52. The fourth-order valence-corrected chi connectivity index (χ4v) is 3.20. The van der Waals surface area contributed by atoms with Crippen molar-refractivity contribution in [2.75, 3.05) is 42.9 Å². The maximum atomic E-state index is 13.1. The zero-order valence-corrected chi connectivity index (χ0v) is 14.7. The Morgan fingerprint density at radius 2 is 1.88 bits per heavy atom. The third kappa shape index (κ3) is 5.18. The molecule has 1 N–H and O–H groups in total. The molecule has 1 fully saturated rings. The number of carbonyl (C=O) groups excluding carboxylic acids is 1. The first-order chi connectivity index (χ1) is 12.1. The van der Waals surface area contributed by atoms with Gasteiger partial charge in [-0.05, 0) is 48.9 Å². The second-order valence-corrected chi connectivity index (χ2v) is 6.59. The van der Waals surface area contributed by atoms with Gasteiger partial charge in [0.05, 0.1) is 6.54 Å². The Kier molecular flexibility index (Phi) is 5.89. The van der Waals surface area contributed by atoms with Crippen LogP contribution in [0.5, 0.6) is 0 Å². The number of carbonyl (C=O) groups is 1. The SMILES string of the molecule is O=C(CN1CCCN(c2ccc(F)cc2)CC1)Nc1cccc(Cl)c1. The minimum absolute atomic E-state index is 0.0440. The molecule has 4 nitrogen and oxygen atoms in total. The van der Waals surface area contributed by atoms with E-state index >= 15 is 0 Å². The van der Waals surface area contributed by atoms with Gasteiger partial charge < -0.3 is 10.2 Å². The number of benzene rings is 2. The molecule has 1 aliphatic rings. The second kappa shape index (κ2) is 8.32. The van der Waals surface area contributed by atoms with E-state index in [1.165, 1.54) is 12.1 Å². The van der Waals surface area contributed by atoms with Crippen LogP contribution < -0.4 is 10.2 Å². The molecule has 2 aromatic rings. The number of nitrogens with one attached hydrogen (secondary N) is 1. The summed E-state index contributed by atoms with van der Waals surface area (Å²) < 4.78 is 13.1. The number of rotatable bonds is 4. The van der Waals surface area contributed by atoms with Crippen molar-refractivity contribution in [1.82, 2.24) is 4.90 Å². The van der Waals surface area contributed by atoms with Crippen molar-refractivity contribution in [3.05, 3.63) is 59.4 Å². The van der Waals surface area contributed by atoms with Crippen LogP contribution in [0.3, 0.4) is 0 Å². The molecule has 1 heterocycles. The molecule has 0 atom stereocenters. The standard InChI is InChI=1S/C19H21ClFN3O/c20-15-3-1-4-17(13-15)22-19(25)14-23-9-2-10-24(12-11-23)18-7-5-16(21)6-8-18/h1,3-8,13H,2,9-12,14H2,(H,22,25). The normalized spacial score (nSPS) is 15.7. The molecule has 0 unspecified atom stereocenters. The van der Waals surface area contributed by atoms with Crippen LogP contribution >= 0.6 is 11.6 Å². The molecule has 132 valence electrons. The van der Waals surface area contributed by atoms with Crippen LogP contribution in [0.15, 0.2) is 48.5 Å². The lowest BCUT2D eigenvalue weighted by Gasteiger charge is -2.23. The molecule has 2 aromatic carbocycles. The zero-order chi connectivity index (χ0) is 17.6. The van der Waals surface area contributed by atoms with E-state index in [0.717, 1.165) is 38.3 Å². The Morgan fingerprint density at radius 3 is 2.64 bits per heavy atom. The van der Waals surface area contributed by atoms with Gasteiger partial charge in [-0.3, -0.25) is 9.69 Å². The lowest BCUT2D eigenvalue weighted by Crippen LogP contribution is -2.36. The molecule has 3 rings (SSSR count). The van der Waals surface area contributed by atoms with E-state index < -0.39 is 0 Å². The predicted octanol–water partition coefficient (Wildman–Crippen LogP) is 3.63. The van der Waals surface area contributed by atoms with Crippen LogP contribution in [-0.4, -0.2) is 43.5 Å². The summed E-state index contributed by atoms with van der Waals surface area (Å²) in [5.41, 5.74) is 1.73. The summed E-state index contributed by atoms with van der Waals surface area (Å²) >= 11 is 5.94. The van der Waals surface area contributed by atoms with Crippen LogP contribution in [0.1, 0.15) is 6.42 Å². The first kappa shape index (κ1) is 17.7. The number of nitrogens with zero attached hydrogens (tertiary/aromatic N) is 2. The first-order valence-electron chi connectivity index (χ1n) is 8.38. The molecule has 0 spiro atoms. The van der Waals surface area contributed by atoms with Crippen LogP contribution in [0, 0.1) is 5.82 Å². The van der Waals surface area contributed by atoms with Gasteiger partial charge in [0.1, 0.15) is 5.82 Å². The van der Waals surface area contributed by atoms with E-state index in [0.29, 0.717) is 17.3 Å². The average Bonchev–Trinajstić information content (AvgIpc) is 2.81. The smallest absolute Gasteiger partial charge is 0.238 e. The topological polar surface area (TPSA) is 35.6 Å². The third-order valence-electron chi connectivity index (χ3n) is 4.26. The summed E-state index contributed by atoms with van der Waals surface area (Å²) in [4.78, 5) is 16.6. The van der Waals surface area contributed by atoms with Gasteiger partial charge in [0.2, 0.25) is 5.91 Å². The predicted molar refractivity (Wildman–Crippen MR) is 99.8 cm³/mol. The average molecular weight is 362 g/mol. The molecule has 1 aliphatic heterocycles. The van der Waals surface area contributed by atoms with Crippen molar-refractivity contribution in [2.45, 2.75) is 6.42 Å². The van der Waals surface area contributed by atoms with E-state index in [9.17, 15) is 9.18 Å². The molecule has 0 bridgehead atoms.